The number of carbonyl (C=O) groups is 1. The third-order valence-electron chi connectivity index (χ3n) is 4.18. The summed E-state index contributed by atoms with van der Waals surface area (Å²) in [6, 6.07) is 8.59. The van der Waals surface area contributed by atoms with Gasteiger partial charge in [-0.15, -0.1) is 0 Å². The summed E-state index contributed by atoms with van der Waals surface area (Å²) < 4.78 is 0. The molecule has 2 heterocycles. The number of amides is 1. The molecule has 1 aromatic carbocycles. The van der Waals surface area contributed by atoms with Crippen molar-refractivity contribution in [1.82, 2.24) is 20.3 Å². The number of nitrogens with one attached hydrogen (secondary N) is 3. The van der Waals surface area contributed by atoms with E-state index < -0.39 is 0 Å². The van der Waals surface area contributed by atoms with Gasteiger partial charge in [-0.2, -0.15) is 0 Å². The molecule has 6 nitrogen and oxygen atoms in total. The average molecular weight is 321 g/mol. The van der Waals surface area contributed by atoms with Crippen molar-refractivity contribution in [3.05, 3.63) is 54.0 Å². The molecule has 1 saturated carbocycles. The maximum Gasteiger partial charge on any atom is 0.254 e. The van der Waals surface area contributed by atoms with Crippen LogP contribution in [0, 0.1) is 0 Å². The Kier molecular flexibility index (Phi) is 3.86. The van der Waals surface area contributed by atoms with E-state index in [0.29, 0.717) is 17.6 Å². The van der Waals surface area contributed by atoms with Gasteiger partial charge in [0, 0.05) is 42.1 Å². The van der Waals surface area contributed by atoms with E-state index >= 15 is 0 Å². The Bertz CT molecular complexity index is 851. The zero-order valence-corrected chi connectivity index (χ0v) is 13.2. The molecule has 24 heavy (non-hydrogen) atoms. The van der Waals surface area contributed by atoms with Crippen molar-refractivity contribution >= 4 is 22.8 Å². The Hall–Kier alpha value is -2.89. The minimum atomic E-state index is -0.0946. The number of carbonyl (C=O) groups excluding carboxylic acids is 1. The summed E-state index contributed by atoms with van der Waals surface area (Å²) in [5, 5.41) is 7.37. The molecule has 3 N–H and O–H groups in total. The monoisotopic (exact) mass is 321 g/mol. The van der Waals surface area contributed by atoms with E-state index in [9.17, 15) is 4.79 Å². The lowest BCUT2D eigenvalue weighted by Crippen LogP contribution is -2.25. The molecule has 1 aliphatic rings. The first-order valence-corrected chi connectivity index (χ1v) is 8.21. The zero-order chi connectivity index (χ0) is 16.4. The number of H-pyrrole nitrogens is 1. The molecule has 1 amide bonds. The Morgan fingerprint density at radius 3 is 2.79 bits per heavy atom. The van der Waals surface area contributed by atoms with Crippen molar-refractivity contribution in [2.45, 2.75) is 25.3 Å². The SMILES string of the molecule is O=C(NC1CC1)c1cnc(NCCc2c[nH]c3ccccc23)nc1. The van der Waals surface area contributed by atoms with Gasteiger partial charge in [0.1, 0.15) is 0 Å². The summed E-state index contributed by atoms with van der Waals surface area (Å²) in [6.45, 7) is 0.732. The fourth-order valence-electron chi connectivity index (χ4n) is 2.68. The normalized spacial score (nSPS) is 13.8. The number of hydrogen-bond donors (Lipinski definition) is 3. The minimum absolute atomic E-state index is 0.0946. The molecular formula is C18H19N5O. The van der Waals surface area contributed by atoms with E-state index in [2.05, 4.69) is 37.7 Å². The molecule has 0 unspecified atom stereocenters. The van der Waals surface area contributed by atoms with Gasteiger partial charge in [-0.3, -0.25) is 4.79 Å². The highest BCUT2D eigenvalue weighted by Gasteiger charge is 2.23. The van der Waals surface area contributed by atoms with Crippen molar-refractivity contribution < 1.29 is 4.79 Å². The van der Waals surface area contributed by atoms with E-state index in [4.69, 9.17) is 0 Å². The summed E-state index contributed by atoms with van der Waals surface area (Å²) in [5.74, 6) is 0.445. The summed E-state index contributed by atoms with van der Waals surface area (Å²) >= 11 is 0. The lowest BCUT2D eigenvalue weighted by molar-refractivity contribution is 0.0950. The fourth-order valence-corrected chi connectivity index (χ4v) is 2.68. The molecule has 0 saturated heterocycles. The lowest BCUT2D eigenvalue weighted by Gasteiger charge is -2.06. The predicted octanol–water partition coefficient (Wildman–Crippen LogP) is 2.50. The first kappa shape index (κ1) is 14.7. The summed E-state index contributed by atoms with van der Waals surface area (Å²) in [6.07, 6.45) is 8.19. The van der Waals surface area contributed by atoms with Gasteiger partial charge >= 0.3 is 0 Å². The van der Waals surface area contributed by atoms with Gasteiger partial charge in [0.25, 0.3) is 5.91 Å². The number of benzene rings is 1. The van der Waals surface area contributed by atoms with Crippen molar-refractivity contribution in [3.63, 3.8) is 0 Å². The highest BCUT2D eigenvalue weighted by molar-refractivity contribution is 5.94. The van der Waals surface area contributed by atoms with Crippen molar-refractivity contribution in [2.75, 3.05) is 11.9 Å². The number of rotatable bonds is 6. The quantitative estimate of drug-likeness (QED) is 0.651. The van der Waals surface area contributed by atoms with Crippen molar-refractivity contribution in [3.8, 4) is 0 Å². The summed E-state index contributed by atoms with van der Waals surface area (Å²) in [4.78, 5) is 23.6. The number of aromatic amines is 1. The van der Waals surface area contributed by atoms with Crippen LogP contribution in [0.15, 0.2) is 42.9 Å². The molecule has 6 heteroatoms. The van der Waals surface area contributed by atoms with Crippen LogP contribution in [-0.4, -0.2) is 33.4 Å². The molecule has 3 aromatic rings. The van der Waals surface area contributed by atoms with Gasteiger partial charge in [0.2, 0.25) is 5.95 Å². The fraction of sp³-hybridized carbons (Fsp3) is 0.278. The number of hydrogen-bond acceptors (Lipinski definition) is 4. The molecular weight excluding hydrogens is 302 g/mol. The number of nitrogens with zero attached hydrogens (tertiary/aromatic N) is 2. The van der Waals surface area contributed by atoms with Crippen molar-refractivity contribution in [2.24, 2.45) is 0 Å². The molecule has 1 aliphatic carbocycles. The highest BCUT2D eigenvalue weighted by atomic mass is 16.1. The van der Waals surface area contributed by atoms with Gasteiger partial charge in [0.15, 0.2) is 0 Å². The van der Waals surface area contributed by atoms with E-state index in [1.165, 1.54) is 10.9 Å². The van der Waals surface area contributed by atoms with E-state index in [-0.39, 0.29) is 5.91 Å². The first-order chi connectivity index (χ1) is 11.8. The van der Waals surface area contributed by atoms with E-state index in [1.54, 1.807) is 12.4 Å². The number of aromatic nitrogens is 3. The third-order valence-corrected chi connectivity index (χ3v) is 4.18. The molecule has 0 atom stereocenters. The second-order valence-electron chi connectivity index (χ2n) is 6.08. The largest absolute Gasteiger partial charge is 0.361 e. The van der Waals surface area contributed by atoms with Crippen LogP contribution in [0.25, 0.3) is 10.9 Å². The number of para-hydroxylation sites is 1. The molecule has 122 valence electrons. The smallest absolute Gasteiger partial charge is 0.254 e. The second kappa shape index (κ2) is 6.31. The third kappa shape index (κ3) is 3.22. The number of anilines is 1. The molecule has 0 bridgehead atoms. The van der Waals surface area contributed by atoms with Crippen LogP contribution in [0.4, 0.5) is 5.95 Å². The van der Waals surface area contributed by atoms with Crippen LogP contribution in [0.1, 0.15) is 28.8 Å². The molecule has 1 fully saturated rings. The Morgan fingerprint density at radius 2 is 2.00 bits per heavy atom. The van der Waals surface area contributed by atoms with Crippen LogP contribution < -0.4 is 10.6 Å². The second-order valence-corrected chi connectivity index (χ2v) is 6.08. The van der Waals surface area contributed by atoms with Crippen LogP contribution in [0.5, 0.6) is 0 Å². The Labute approximate surface area is 139 Å². The Morgan fingerprint density at radius 1 is 1.21 bits per heavy atom. The van der Waals surface area contributed by atoms with Gasteiger partial charge in [0.05, 0.1) is 5.56 Å². The van der Waals surface area contributed by atoms with Crippen LogP contribution >= 0.6 is 0 Å². The maximum absolute atomic E-state index is 11.9. The van der Waals surface area contributed by atoms with Gasteiger partial charge in [-0.1, -0.05) is 18.2 Å². The van der Waals surface area contributed by atoms with Gasteiger partial charge < -0.3 is 15.6 Å². The Balaban J connectivity index is 1.33. The van der Waals surface area contributed by atoms with Gasteiger partial charge in [-0.25, -0.2) is 9.97 Å². The highest BCUT2D eigenvalue weighted by Crippen LogP contribution is 2.19. The van der Waals surface area contributed by atoms with Crippen LogP contribution in [-0.2, 0) is 6.42 Å². The standard InChI is InChI=1S/C18H19N5O/c24-17(23-14-5-6-14)13-10-21-18(22-11-13)19-8-7-12-9-20-16-4-2-1-3-15(12)16/h1-4,9-11,14,20H,5-8H2,(H,23,24)(H,19,21,22). The molecule has 2 aromatic heterocycles. The number of fused-ring (bicyclic) bond motifs is 1. The van der Waals surface area contributed by atoms with E-state index in [1.807, 2.05) is 18.3 Å². The van der Waals surface area contributed by atoms with Crippen LogP contribution in [0.3, 0.4) is 0 Å². The van der Waals surface area contributed by atoms with Gasteiger partial charge in [-0.05, 0) is 30.9 Å². The molecule has 4 rings (SSSR count). The maximum atomic E-state index is 11.9. The van der Waals surface area contributed by atoms with E-state index in [0.717, 1.165) is 31.3 Å². The predicted molar refractivity (Wildman–Crippen MR) is 93.0 cm³/mol. The molecule has 0 spiro atoms. The minimum Gasteiger partial charge on any atom is -0.361 e. The van der Waals surface area contributed by atoms with Crippen molar-refractivity contribution in [1.29, 1.82) is 0 Å². The summed E-state index contributed by atoms with van der Waals surface area (Å²) in [5.41, 5.74) is 2.91. The molecule has 0 aliphatic heterocycles. The lowest BCUT2D eigenvalue weighted by atomic mass is 10.1. The summed E-state index contributed by atoms with van der Waals surface area (Å²) in [7, 11) is 0. The average Bonchev–Trinajstić information content (AvgIpc) is 3.34. The zero-order valence-electron chi connectivity index (χ0n) is 13.2. The first-order valence-electron chi connectivity index (χ1n) is 8.21. The van der Waals surface area contributed by atoms with Crippen LogP contribution in [0.2, 0.25) is 0 Å². The molecule has 0 radical (unpaired) electrons. The topological polar surface area (TPSA) is 82.7 Å².